The molecule has 1 aliphatic rings. The van der Waals surface area contributed by atoms with Gasteiger partial charge in [-0.15, -0.1) is 0 Å². The topological polar surface area (TPSA) is 32.8 Å². The summed E-state index contributed by atoms with van der Waals surface area (Å²) in [4.78, 5) is 14.4. The average molecular weight is 505 g/mol. The van der Waals surface area contributed by atoms with E-state index in [1.165, 1.54) is 56.4 Å². The molecule has 36 heavy (non-hydrogen) atoms. The molecule has 1 fully saturated rings. The predicted molar refractivity (Wildman–Crippen MR) is 158 cm³/mol. The van der Waals surface area contributed by atoms with Crippen LogP contribution >= 0.6 is 0 Å². The Morgan fingerprint density at radius 3 is 1.92 bits per heavy atom. The highest BCUT2D eigenvalue weighted by Crippen LogP contribution is 2.16. The zero-order chi connectivity index (χ0) is 27.5. The number of likely N-dealkylation sites (tertiary alicyclic amines) is 1. The molecule has 4 heteroatoms. The van der Waals surface area contributed by atoms with E-state index < -0.39 is 0 Å². The van der Waals surface area contributed by atoms with Gasteiger partial charge in [0, 0.05) is 39.8 Å². The fourth-order valence-electron chi connectivity index (χ4n) is 4.00. The first kappa shape index (κ1) is 34.6. The molecular weight excluding hydrogens is 444 g/mol. The van der Waals surface area contributed by atoms with Gasteiger partial charge in [-0.2, -0.15) is 0 Å². The lowest BCUT2D eigenvalue weighted by atomic mass is 10.0. The van der Waals surface area contributed by atoms with Crippen LogP contribution in [-0.4, -0.2) is 62.1 Å². The first-order valence-corrected chi connectivity index (χ1v) is 14.5. The summed E-state index contributed by atoms with van der Waals surface area (Å²) in [5, 5.41) is 0. The largest absolute Gasteiger partial charge is 0.378 e. The van der Waals surface area contributed by atoms with Gasteiger partial charge in [0.15, 0.2) is 0 Å². The molecule has 0 radical (unpaired) electrons. The summed E-state index contributed by atoms with van der Waals surface area (Å²) in [6.45, 7) is 25.6. The molecule has 0 aliphatic carbocycles. The van der Waals surface area contributed by atoms with Gasteiger partial charge in [-0.3, -0.25) is 4.79 Å². The molecular formula is C32H60N2O2. The zero-order valence-electron chi connectivity index (χ0n) is 25.6. The van der Waals surface area contributed by atoms with E-state index in [9.17, 15) is 4.79 Å². The number of nitrogens with zero attached hydrogens (tertiary/aromatic N) is 2. The zero-order valence-corrected chi connectivity index (χ0v) is 25.6. The van der Waals surface area contributed by atoms with Gasteiger partial charge in [-0.05, 0) is 68.3 Å². The van der Waals surface area contributed by atoms with Crippen molar-refractivity contribution in [1.29, 1.82) is 0 Å². The molecule has 210 valence electrons. The second-order valence-electron chi connectivity index (χ2n) is 12.1. The lowest BCUT2D eigenvalue weighted by Gasteiger charge is -2.33. The lowest BCUT2D eigenvalue weighted by Crippen LogP contribution is -2.39. The minimum Gasteiger partial charge on any atom is -0.378 e. The number of carbonyl (C=O) groups excluding carboxylic acids is 1. The Kier molecular flexibility index (Phi) is 19.8. The third-order valence-corrected chi connectivity index (χ3v) is 6.42. The smallest absolute Gasteiger partial charge is 0.209 e. The number of benzene rings is 1. The van der Waals surface area contributed by atoms with Gasteiger partial charge < -0.3 is 14.5 Å². The van der Waals surface area contributed by atoms with Crippen molar-refractivity contribution in [2.75, 3.05) is 39.8 Å². The Balaban J connectivity index is 0.000000536. The van der Waals surface area contributed by atoms with Crippen molar-refractivity contribution in [2.45, 2.75) is 106 Å². The second kappa shape index (κ2) is 20.6. The SMILES string of the molecule is CC(C)CCCN(C)C=O.CC(C)CCOC1CCN(CC(C)C)CC1.Cc1ccc(C(C)C)cc1. The Hall–Kier alpha value is -1.39. The van der Waals surface area contributed by atoms with Crippen molar-refractivity contribution < 1.29 is 9.53 Å². The first-order valence-electron chi connectivity index (χ1n) is 14.5. The number of aryl methyl sites for hydroxylation is 1. The molecule has 0 spiro atoms. The van der Waals surface area contributed by atoms with Crippen molar-refractivity contribution >= 4 is 6.41 Å². The third kappa shape index (κ3) is 19.8. The maximum Gasteiger partial charge on any atom is 0.209 e. The summed E-state index contributed by atoms with van der Waals surface area (Å²) in [6.07, 6.45) is 7.38. The van der Waals surface area contributed by atoms with Crippen molar-refractivity contribution in [1.82, 2.24) is 9.80 Å². The quantitative estimate of drug-likeness (QED) is 0.272. The molecule has 1 aliphatic heterocycles. The summed E-state index contributed by atoms with van der Waals surface area (Å²) in [5.74, 6) is 2.96. The van der Waals surface area contributed by atoms with E-state index in [4.69, 9.17) is 4.74 Å². The normalized spacial score (nSPS) is 14.5. The van der Waals surface area contributed by atoms with E-state index in [0.29, 0.717) is 12.0 Å². The number of rotatable bonds is 12. The van der Waals surface area contributed by atoms with Gasteiger partial charge in [-0.25, -0.2) is 0 Å². The van der Waals surface area contributed by atoms with Gasteiger partial charge in [0.25, 0.3) is 0 Å². The molecule has 0 saturated carbocycles. The van der Waals surface area contributed by atoms with Crippen LogP contribution in [0.5, 0.6) is 0 Å². The minimum atomic E-state index is 0.530. The monoisotopic (exact) mass is 504 g/mol. The molecule has 0 atom stereocenters. The van der Waals surface area contributed by atoms with Gasteiger partial charge in [0.2, 0.25) is 6.41 Å². The Labute approximate surface area is 225 Å². The molecule has 4 nitrogen and oxygen atoms in total. The number of carbonyl (C=O) groups is 1. The molecule has 1 aromatic carbocycles. The summed E-state index contributed by atoms with van der Waals surface area (Å²) in [5.41, 5.74) is 2.76. The van der Waals surface area contributed by atoms with E-state index in [0.717, 1.165) is 43.7 Å². The Morgan fingerprint density at radius 1 is 0.917 bits per heavy atom. The van der Waals surface area contributed by atoms with Crippen LogP contribution in [0.4, 0.5) is 0 Å². The van der Waals surface area contributed by atoms with Crippen molar-refractivity contribution in [2.24, 2.45) is 17.8 Å². The standard InChI is InChI=1S/C14H29NO.C10H14.C8H17NO/c1-12(2)7-10-16-14-5-8-15(9-6-14)11-13(3)4;1-8(2)10-6-4-9(3)5-7-10;1-8(2)5-4-6-9(3)7-10/h12-14H,5-11H2,1-4H3;4-8H,1-3H3;7-8H,4-6H2,1-3H3. The van der Waals surface area contributed by atoms with E-state index in [1.54, 1.807) is 4.90 Å². The molecule has 1 saturated heterocycles. The number of amides is 1. The van der Waals surface area contributed by atoms with Crippen LogP contribution in [0.25, 0.3) is 0 Å². The fourth-order valence-corrected chi connectivity index (χ4v) is 4.00. The van der Waals surface area contributed by atoms with Gasteiger partial charge in [0.1, 0.15) is 0 Å². The van der Waals surface area contributed by atoms with Gasteiger partial charge >= 0.3 is 0 Å². The summed E-state index contributed by atoms with van der Waals surface area (Å²) < 4.78 is 5.92. The highest BCUT2D eigenvalue weighted by atomic mass is 16.5. The molecule has 0 bridgehead atoms. The number of hydrogen-bond donors (Lipinski definition) is 0. The molecule has 1 aromatic rings. The Bertz CT molecular complexity index is 632. The van der Waals surface area contributed by atoms with Crippen molar-refractivity contribution in [3.63, 3.8) is 0 Å². The van der Waals surface area contributed by atoms with Crippen LogP contribution in [0.15, 0.2) is 24.3 Å². The average Bonchev–Trinajstić information content (AvgIpc) is 2.80. The van der Waals surface area contributed by atoms with E-state index in [2.05, 4.69) is 91.5 Å². The van der Waals surface area contributed by atoms with Crippen LogP contribution in [-0.2, 0) is 9.53 Å². The van der Waals surface area contributed by atoms with Crippen molar-refractivity contribution in [3.05, 3.63) is 35.4 Å². The molecule has 2 rings (SSSR count). The van der Waals surface area contributed by atoms with Crippen LogP contribution in [0.2, 0.25) is 0 Å². The molecule has 0 N–H and O–H groups in total. The molecule has 0 unspecified atom stereocenters. The first-order chi connectivity index (χ1) is 16.9. The van der Waals surface area contributed by atoms with Crippen LogP contribution < -0.4 is 0 Å². The molecule has 1 heterocycles. The molecule has 0 aromatic heterocycles. The Morgan fingerprint density at radius 2 is 1.47 bits per heavy atom. The van der Waals surface area contributed by atoms with E-state index in [-0.39, 0.29) is 0 Å². The van der Waals surface area contributed by atoms with E-state index in [1.807, 2.05) is 7.05 Å². The summed E-state index contributed by atoms with van der Waals surface area (Å²) in [7, 11) is 1.81. The lowest BCUT2D eigenvalue weighted by molar-refractivity contribution is -0.117. The van der Waals surface area contributed by atoms with Crippen molar-refractivity contribution in [3.8, 4) is 0 Å². The third-order valence-electron chi connectivity index (χ3n) is 6.42. The minimum absolute atomic E-state index is 0.530. The van der Waals surface area contributed by atoms with Crippen LogP contribution in [0.3, 0.4) is 0 Å². The van der Waals surface area contributed by atoms with Gasteiger partial charge in [0.05, 0.1) is 6.10 Å². The second-order valence-corrected chi connectivity index (χ2v) is 12.1. The maximum absolute atomic E-state index is 10.1. The van der Waals surface area contributed by atoms with Crippen LogP contribution in [0, 0.1) is 24.7 Å². The highest BCUT2D eigenvalue weighted by Gasteiger charge is 2.19. The molecule has 1 amide bonds. The van der Waals surface area contributed by atoms with E-state index >= 15 is 0 Å². The number of hydrogen-bond acceptors (Lipinski definition) is 3. The predicted octanol–water partition coefficient (Wildman–Crippen LogP) is 7.80. The number of ether oxygens (including phenoxy) is 1. The fraction of sp³-hybridized carbons (Fsp3) is 0.781. The van der Waals surface area contributed by atoms with Crippen LogP contribution in [0.1, 0.15) is 105 Å². The maximum atomic E-state index is 10.1. The van der Waals surface area contributed by atoms with Gasteiger partial charge in [-0.1, -0.05) is 85.2 Å². The summed E-state index contributed by atoms with van der Waals surface area (Å²) in [6, 6.07) is 8.71. The summed E-state index contributed by atoms with van der Waals surface area (Å²) >= 11 is 0. The highest BCUT2D eigenvalue weighted by molar-refractivity contribution is 5.46. The number of piperidine rings is 1.